The van der Waals surface area contributed by atoms with Gasteiger partial charge in [0.25, 0.3) is 0 Å². The number of pyridine rings is 1. The second-order valence-electron chi connectivity index (χ2n) is 5.24. The maximum absolute atomic E-state index is 11.7. The van der Waals surface area contributed by atoms with E-state index in [1.165, 1.54) is 18.4 Å². The smallest absolute Gasteiger partial charge is 0.407 e. The van der Waals surface area contributed by atoms with Crippen LogP contribution >= 0.6 is 19.1 Å². The Kier molecular flexibility index (Phi) is 6.85. The lowest BCUT2D eigenvalue weighted by Gasteiger charge is -2.08. The van der Waals surface area contributed by atoms with Crippen molar-refractivity contribution >= 4 is 25.2 Å². The summed E-state index contributed by atoms with van der Waals surface area (Å²) in [6.07, 6.45) is 1.10. The minimum Gasteiger partial charge on any atom is -0.445 e. The largest absolute Gasteiger partial charge is 0.445 e. The van der Waals surface area contributed by atoms with E-state index in [1.54, 1.807) is 18.3 Å². The van der Waals surface area contributed by atoms with E-state index in [2.05, 4.69) is 10.3 Å². The van der Waals surface area contributed by atoms with Crippen molar-refractivity contribution in [1.82, 2.24) is 10.3 Å². The van der Waals surface area contributed by atoms with E-state index in [4.69, 9.17) is 4.74 Å². The van der Waals surface area contributed by atoms with Gasteiger partial charge in [-0.3, -0.25) is 4.57 Å². The lowest BCUT2D eigenvalue weighted by molar-refractivity contribution is 0.139. The first-order valence-electron chi connectivity index (χ1n) is 7.24. The zero-order valence-corrected chi connectivity index (χ0v) is 14.9. The van der Waals surface area contributed by atoms with E-state index in [1.807, 2.05) is 30.3 Å². The summed E-state index contributed by atoms with van der Waals surface area (Å²) in [6.45, 7) is 1.83. The number of nitrogens with one attached hydrogen (secondary N) is 1. The zero-order valence-electron chi connectivity index (χ0n) is 13.2. The monoisotopic (exact) mass is 366 g/mol. The molecule has 0 radical (unpaired) electrons. The van der Waals surface area contributed by atoms with E-state index in [0.29, 0.717) is 11.6 Å². The highest BCUT2D eigenvalue weighted by molar-refractivity contribution is 8.04. The van der Waals surface area contributed by atoms with Gasteiger partial charge < -0.3 is 14.9 Å². The van der Waals surface area contributed by atoms with Gasteiger partial charge in [-0.05, 0) is 23.3 Å². The second-order valence-corrected chi connectivity index (χ2v) is 9.08. The Morgan fingerprint density at radius 3 is 2.75 bits per heavy atom. The number of ether oxygens (including phenoxy) is 1. The van der Waals surface area contributed by atoms with Gasteiger partial charge in [0, 0.05) is 19.4 Å². The highest BCUT2D eigenvalue weighted by atomic mass is 32.2. The Morgan fingerprint density at radius 1 is 1.29 bits per heavy atom. The van der Waals surface area contributed by atoms with Crippen LogP contribution in [0.5, 0.6) is 0 Å². The van der Waals surface area contributed by atoms with Crippen molar-refractivity contribution in [3.05, 3.63) is 59.8 Å². The fraction of sp³-hybridized carbons (Fsp3) is 0.250. The quantitative estimate of drug-likeness (QED) is 0.576. The van der Waals surface area contributed by atoms with Gasteiger partial charge >= 0.3 is 6.09 Å². The summed E-state index contributed by atoms with van der Waals surface area (Å²) in [5, 5.41) is 3.31. The number of aromatic nitrogens is 1. The number of hydrogen-bond donors (Lipinski definition) is 2. The second kappa shape index (κ2) is 8.87. The first kappa shape index (κ1) is 18.5. The molecular weight excluding hydrogens is 347 g/mol. The molecule has 128 valence electrons. The lowest BCUT2D eigenvalue weighted by Crippen LogP contribution is -2.23. The predicted molar refractivity (Wildman–Crippen MR) is 94.2 cm³/mol. The third-order valence-corrected chi connectivity index (χ3v) is 5.85. The molecule has 1 unspecified atom stereocenters. The van der Waals surface area contributed by atoms with Gasteiger partial charge in [0.15, 0.2) is 0 Å². The number of alkyl carbamates (subject to hydrolysis) is 1. The summed E-state index contributed by atoms with van der Waals surface area (Å²) in [5.74, 6) is 0. The zero-order chi connectivity index (χ0) is 17.4. The molecule has 0 aliphatic heterocycles. The molecule has 0 bridgehead atoms. The van der Waals surface area contributed by atoms with Crippen LogP contribution in [0.15, 0.2) is 53.7 Å². The van der Waals surface area contributed by atoms with Gasteiger partial charge in [0.1, 0.15) is 6.61 Å². The molecule has 6 nitrogen and oxygen atoms in total. The van der Waals surface area contributed by atoms with Crippen molar-refractivity contribution in [2.24, 2.45) is 0 Å². The summed E-state index contributed by atoms with van der Waals surface area (Å²) in [4.78, 5) is 25.2. The van der Waals surface area contributed by atoms with E-state index in [0.717, 1.165) is 11.1 Å². The number of nitrogens with zero attached hydrogens (tertiary/aromatic N) is 1. The minimum absolute atomic E-state index is 0.107. The molecule has 1 atom stereocenters. The number of amides is 1. The van der Waals surface area contributed by atoms with E-state index in [-0.39, 0.29) is 12.1 Å². The van der Waals surface area contributed by atoms with E-state index < -0.39 is 13.5 Å². The summed E-state index contributed by atoms with van der Waals surface area (Å²) in [6, 6.07) is 13.0. The number of carbonyl (C=O) groups is 1. The molecule has 0 aliphatic carbocycles. The molecule has 0 fully saturated rings. The Labute approximate surface area is 145 Å². The number of rotatable bonds is 7. The van der Waals surface area contributed by atoms with Crippen LogP contribution in [-0.2, 0) is 22.5 Å². The predicted octanol–water partition coefficient (Wildman–Crippen LogP) is 3.46. The Morgan fingerprint density at radius 2 is 2.04 bits per heavy atom. The first-order chi connectivity index (χ1) is 11.4. The van der Waals surface area contributed by atoms with Crippen LogP contribution in [-0.4, -0.2) is 28.1 Å². The molecule has 0 saturated carbocycles. The molecule has 1 amide bonds. The Hall–Kier alpha value is -1.82. The molecule has 2 rings (SSSR count). The summed E-state index contributed by atoms with van der Waals surface area (Å²) in [5.41, 5.74) is 1.87. The third kappa shape index (κ3) is 7.17. The molecule has 24 heavy (non-hydrogen) atoms. The van der Waals surface area contributed by atoms with Gasteiger partial charge in [-0.25, -0.2) is 9.78 Å². The van der Waals surface area contributed by atoms with Crippen LogP contribution in [0, 0.1) is 0 Å². The van der Waals surface area contributed by atoms with Gasteiger partial charge in [-0.15, -0.1) is 0 Å². The molecular formula is C16H19N2O4PS. The molecule has 1 aromatic carbocycles. The maximum atomic E-state index is 11.7. The normalized spacial score (nSPS) is 13.1. The number of thioether (sulfide) groups is 1. The third-order valence-electron chi connectivity index (χ3n) is 2.90. The van der Waals surface area contributed by atoms with E-state index in [9.17, 15) is 14.3 Å². The van der Waals surface area contributed by atoms with E-state index >= 15 is 0 Å². The van der Waals surface area contributed by atoms with Crippen LogP contribution in [0.25, 0.3) is 0 Å². The minimum atomic E-state index is -3.08. The fourth-order valence-corrected chi connectivity index (χ4v) is 3.63. The van der Waals surface area contributed by atoms with Crippen LogP contribution in [0.2, 0.25) is 0 Å². The van der Waals surface area contributed by atoms with Crippen molar-refractivity contribution < 1.29 is 19.0 Å². The van der Waals surface area contributed by atoms with Gasteiger partial charge in [-0.1, -0.05) is 42.1 Å². The van der Waals surface area contributed by atoms with Gasteiger partial charge in [-0.2, -0.15) is 0 Å². The molecule has 8 heteroatoms. The van der Waals surface area contributed by atoms with Crippen molar-refractivity contribution in [2.45, 2.75) is 18.2 Å². The number of benzene rings is 1. The topological polar surface area (TPSA) is 88.5 Å². The lowest BCUT2D eigenvalue weighted by atomic mass is 10.2. The standard InChI is InChI=1S/C16H19N2O4PS/c1-23(20,21)12-24-15-9-14(7-8-17-15)10-18-16(19)22-11-13-5-3-2-4-6-13/h2-9H,10-12H2,1H3,(H,18,19)(H,20,21). The van der Waals surface area contributed by atoms with Crippen molar-refractivity contribution in [2.75, 3.05) is 12.2 Å². The molecule has 2 aromatic rings. The van der Waals surface area contributed by atoms with Crippen LogP contribution in [0.4, 0.5) is 4.79 Å². The summed E-state index contributed by atoms with van der Waals surface area (Å²) >= 11 is 1.22. The fourth-order valence-electron chi connectivity index (χ4n) is 1.77. The highest BCUT2D eigenvalue weighted by Crippen LogP contribution is 2.41. The van der Waals surface area contributed by atoms with Crippen LogP contribution in [0.3, 0.4) is 0 Å². The van der Waals surface area contributed by atoms with Crippen LogP contribution < -0.4 is 5.32 Å². The highest BCUT2D eigenvalue weighted by Gasteiger charge is 2.11. The molecule has 0 spiro atoms. The number of hydrogen-bond acceptors (Lipinski definition) is 5. The molecule has 0 saturated heterocycles. The summed E-state index contributed by atoms with van der Waals surface area (Å²) < 4.78 is 16.4. The van der Waals surface area contributed by atoms with Crippen molar-refractivity contribution in [3.8, 4) is 0 Å². The van der Waals surface area contributed by atoms with Gasteiger partial charge in [0.2, 0.25) is 7.37 Å². The molecule has 2 N–H and O–H groups in total. The average Bonchev–Trinajstić information content (AvgIpc) is 2.57. The number of carbonyl (C=O) groups excluding carboxylic acids is 1. The van der Waals surface area contributed by atoms with Gasteiger partial charge in [0.05, 0.1) is 10.5 Å². The Bertz CT molecular complexity index is 721. The van der Waals surface area contributed by atoms with Crippen molar-refractivity contribution in [3.63, 3.8) is 0 Å². The van der Waals surface area contributed by atoms with Crippen molar-refractivity contribution in [1.29, 1.82) is 0 Å². The molecule has 1 heterocycles. The first-order valence-corrected chi connectivity index (χ1v) is 10.5. The summed E-state index contributed by atoms with van der Waals surface area (Å²) in [7, 11) is -3.08. The van der Waals surface area contributed by atoms with Crippen LogP contribution in [0.1, 0.15) is 11.1 Å². The molecule has 0 aliphatic rings. The SMILES string of the molecule is CP(=O)(O)CSc1cc(CNC(=O)OCc2ccccc2)ccn1. The average molecular weight is 366 g/mol. The maximum Gasteiger partial charge on any atom is 0.407 e. The Balaban J connectivity index is 1.79. The molecule has 1 aromatic heterocycles.